The molecule has 4 rings (SSSR count). The number of nitriles is 1. The van der Waals surface area contributed by atoms with Crippen molar-refractivity contribution in [1.29, 1.82) is 5.26 Å². The summed E-state index contributed by atoms with van der Waals surface area (Å²) in [6.07, 6.45) is 0.0431. The zero-order chi connectivity index (χ0) is 26.0. The summed E-state index contributed by atoms with van der Waals surface area (Å²) in [6.45, 7) is 10.3. The Kier molecular flexibility index (Phi) is 6.76. The van der Waals surface area contributed by atoms with E-state index in [1.165, 1.54) is 5.56 Å². The molecular weight excluding hydrogens is 452 g/mol. The van der Waals surface area contributed by atoms with Crippen molar-refractivity contribution in [2.24, 2.45) is 5.73 Å². The fourth-order valence-corrected chi connectivity index (χ4v) is 4.13. The van der Waals surface area contributed by atoms with Crippen LogP contribution in [0.25, 0.3) is 0 Å². The van der Waals surface area contributed by atoms with Crippen LogP contribution in [0.15, 0.2) is 78.2 Å². The number of carbonyl (C=O) groups is 1. The molecule has 0 bridgehead atoms. The summed E-state index contributed by atoms with van der Waals surface area (Å²) in [6, 6.07) is 22.3. The Morgan fingerprint density at radius 3 is 2.22 bits per heavy atom. The minimum Gasteiger partial charge on any atom is -0.491 e. The summed E-state index contributed by atoms with van der Waals surface area (Å²) < 4.78 is 17.0. The van der Waals surface area contributed by atoms with Crippen LogP contribution in [0.2, 0.25) is 0 Å². The van der Waals surface area contributed by atoms with Crippen molar-refractivity contribution < 1.29 is 19.0 Å². The maximum Gasteiger partial charge on any atom is 0.343 e. The minimum absolute atomic E-state index is 0.0135. The van der Waals surface area contributed by atoms with Gasteiger partial charge in [0, 0.05) is 11.6 Å². The fourth-order valence-electron chi connectivity index (χ4n) is 4.13. The van der Waals surface area contributed by atoms with Crippen molar-refractivity contribution >= 4 is 5.97 Å². The molecule has 0 aromatic heterocycles. The van der Waals surface area contributed by atoms with Gasteiger partial charge in [0.2, 0.25) is 5.88 Å². The summed E-state index contributed by atoms with van der Waals surface area (Å²) in [5.41, 5.74) is 9.80. The smallest absolute Gasteiger partial charge is 0.343 e. The molecule has 6 nitrogen and oxygen atoms in total. The van der Waals surface area contributed by atoms with Crippen LogP contribution in [-0.2, 0) is 5.41 Å². The number of nitrogens with zero attached hydrogens (tertiary/aromatic N) is 1. The SMILES string of the molecule is CC(C)Oc1ccc(C(=O)Oc2ccc3c(c2)OC(N)=C(C#N)C3c2ccc(C(C)(C)C)cc2)cc1. The van der Waals surface area contributed by atoms with Gasteiger partial charge in [-0.3, -0.25) is 0 Å². The predicted molar refractivity (Wildman–Crippen MR) is 138 cm³/mol. The molecule has 0 saturated carbocycles. The van der Waals surface area contributed by atoms with Crippen molar-refractivity contribution in [3.05, 3.63) is 100 Å². The van der Waals surface area contributed by atoms with Gasteiger partial charge in [-0.1, -0.05) is 51.1 Å². The largest absolute Gasteiger partial charge is 0.491 e. The second-order valence-electron chi connectivity index (χ2n) is 10.1. The average Bonchev–Trinajstić information content (AvgIpc) is 2.82. The number of fused-ring (bicyclic) bond motifs is 1. The van der Waals surface area contributed by atoms with E-state index in [1.54, 1.807) is 36.4 Å². The van der Waals surface area contributed by atoms with Gasteiger partial charge in [-0.25, -0.2) is 4.79 Å². The molecule has 2 N–H and O–H groups in total. The van der Waals surface area contributed by atoms with Gasteiger partial charge in [0.05, 0.1) is 17.6 Å². The summed E-state index contributed by atoms with van der Waals surface area (Å²) in [5.74, 6) is 0.599. The number of hydrogen-bond acceptors (Lipinski definition) is 6. The molecule has 0 amide bonds. The molecule has 6 heteroatoms. The minimum atomic E-state index is -0.502. The maximum absolute atomic E-state index is 12.7. The number of benzene rings is 3. The topological polar surface area (TPSA) is 94.6 Å². The molecule has 0 fully saturated rings. The Balaban J connectivity index is 1.60. The molecule has 3 aromatic carbocycles. The van der Waals surface area contributed by atoms with Gasteiger partial charge in [-0.15, -0.1) is 0 Å². The molecule has 3 aromatic rings. The summed E-state index contributed by atoms with van der Waals surface area (Å²) in [7, 11) is 0. The first kappa shape index (κ1) is 24.9. The first-order chi connectivity index (χ1) is 17.1. The van der Waals surface area contributed by atoms with Gasteiger partial charge < -0.3 is 19.9 Å². The molecule has 1 aliphatic heterocycles. The molecule has 1 heterocycles. The molecule has 36 heavy (non-hydrogen) atoms. The Bertz CT molecular complexity index is 1340. The zero-order valence-electron chi connectivity index (χ0n) is 21.2. The zero-order valence-corrected chi connectivity index (χ0v) is 21.2. The highest BCUT2D eigenvalue weighted by molar-refractivity contribution is 5.91. The standard InChI is InChI=1S/C30H30N2O4/c1-18(2)34-22-12-8-20(9-13-22)29(33)35-23-14-15-24-26(16-23)36-28(32)25(17-31)27(24)19-6-10-21(11-7-19)30(3,4)5/h6-16,18,27H,32H2,1-5H3. The summed E-state index contributed by atoms with van der Waals surface area (Å²) in [5, 5.41) is 9.82. The van der Waals surface area contributed by atoms with E-state index in [1.807, 2.05) is 32.0 Å². The lowest BCUT2D eigenvalue weighted by Crippen LogP contribution is -2.21. The van der Waals surface area contributed by atoms with Crippen molar-refractivity contribution in [3.8, 4) is 23.3 Å². The second kappa shape index (κ2) is 9.79. The predicted octanol–water partition coefficient (Wildman–Crippen LogP) is 6.21. The highest BCUT2D eigenvalue weighted by Crippen LogP contribution is 2.43. The highest BCUT2D eigenvalue weighted by Gasteiger charge is 2.31. The van der Waals surface area contributed by atoms with Crippen molar-refractivity contribution in [2.45, 2.75) is 52.1 Å². The number of carbonyl (C=O) groups excluding carboxylic acids is 1. The van der Waals surface area contributed by atoms with Gasteiger partial charge in [-0.2, -0.15) is 5.26 Å². The Hall–Kier alpha value is -4.24. The number of esters is 1. The molecule has 184 valence electrons. The van der Waals surface area contributed by atoms with Gasteiger partial charge >= 0.3 is 5.97 Å². The molecular formula is C30H30N2O4. The van der Waals surface area contributed by atoms with Crippen LogP contribution in [-0.4, -0.2) is 12.1 Å². The fraction of sp³-hybridized carbons (Fsp3) is 0.267. The van der Waals surface area contributed by atoms with Crippen molar-refractivity contribution in [3.63, 3.8) is 0 Å². The van der Waals surface area contributed by atoms with E-state index in [0.29, 0.717) is 28.4 Å². The van der Waals surface area contributed by atoms with Gasteiger partial charge in [0.15, 0.2) is 0 Å². The van der Waals surface area contributed by atoms with Crippen molar-refractivity contribution in [2.75, 3.05) is 0 Å². The van der Waals surface area contributed by atoms with Crippen molar-refractivity contribution in [1.82, 2.24) is 0 Å². The van der Waals surface area contributed by atoms with Gasteiger partial charge in [-0.05, 0) is 60.7 Å². The second-order valence-corrected chi connectivity index (χ2v) is 10.1. The normalized spacial score (nSPS) is 15.1. The van der Waals surface area contributed by atoms with E-state index in [-0.39, 0.29) is 23.3 Å². The van der Waals surface area contributed by atoms with Crippen LogP contribution in [0.5, 0.6) is 17.2 Å². The van der Waals surface area contributed by atoms with Crippen LogP contribution in [0.3, 0.4) is 0 Å². The first-order valence-corrected chi connectivity index (χ1v) is 11.9. The Morgan fingerprint density at radius 2 is 1.64 bits per heavy atom. The number of ether oxygens (including phenoxy) is 3. The van der Waals surface area contributed by atoms with Crippen LogP contribution in [0.4, 0.5) is 0 Å². The molecule has 0 aliphatic carbocycles. The third-order valence-electron chi connectivity index (χ3n) is 5.97. The average molecular weight is 483 g/mol. The summed E-state index contributed by atoms with van der Waals surface area (Å²) >= 11 is 0. The van der Waals surface area contributed by atoms with Crippen LogP contribution >= 0.6 is 0 Å². The number of allylic oxidation sites excluding steroid dienone is 1. The van der Waals surface area contributed by atoms with Gasteiger partial charge in [0.25, 0.3) is 0 Å². The van der Waals surface area contributed by atoms with E-state index in [9.17, 15) is 10.1 Å². The number of nitrogens with two attached hydrogens (primary N) is 1. The Morgan fingerprint density at radius 1 is 1.00 bits per heavy atom. The monoisotopic (exact) mass is 482 g/mol. The molecule has 0 spiro atoms. The van der Waals surface area contributed by atoms with E-state index < -0.39 is 5.97 Å². The maximum atomic E-state index is 12.7. The lowest BCUT2D eigenvalue weighted by atomic mass is 9.81. The quantitative estimate of drug-likeness (QED) is 0.343. The van der Waals surface area contributed by atoms with E-state index in [4.69, 9.17) is 19.9 Å². The van der Waals surface area contributed by atoms with E-state index >= 15 is 0 Å². The van der Waals surface area contributed by atoms with E-state index in [0.717, 1.165) is 11.1 Å². The lowest BCUT2D eigenvalue weighted by Gasteiger charge is -2.27. The highest BCUT2D eigenvalue weighted by atomic mass is 16.5. The molecule has 1 atom stereocenters. The third-order valence-corrected chi connectivity index (χ3v) is 5.97. The molecule has 1 unspecified atom stereocenters. The van der Waals surface area contributed by atoms with Crippen LogP contribution < -0.4 is 19.9 Å². The lowest BCUT2D eigenvalue weighted by molar-refractivity contribution is 0.0734. The Labute approximate surface area is 211 Å². The third kappa shape index (κ3) is 5.21. The van der Waals surface area contributed by atoms with Gasteiger partial charge in [0.1, 0.15) is 28.9 Å². The van der Waals surface area contributed by atoms with Crippen LogP contribution in [0.1, 0.15) is 67.6 Å². The summed E-state index contributed by atoms with van der Waals surface area (Å²) in [4.78, 5) is 12.7. The van der Waals surface area contributed by atoms with Crippen LogP contribution in [0, 0.1) is 11.3 Å². The number of rotatable bonds is 5. The number of hydrogen-bond donors (Lipinski definition) is 1. The molecule has 0 saturated heterocycles. The first-order valence-electron chi connectivity index (χ1n) is 11.9. The van der Waals surface area contributed by atoms with E-state index in [2.05, 4.69) is 39.0 Å². The molecule has 0 radical (unpaired) electrons. The molecule has 1 aliphatic rings.